The second-order valence-corrected chi connectivity index (χ2v) is 5.16. The highest BCUT2D eigenvalue weighted by atomic mass is 16.1. The topological polar surface area (TPSA) is 17.1 Å². The van der Waals surface area contributed by atoms with Crippen LogP contribution in [0.1, 0.15) is 36.8 Å². The van der Waals surface area contributed by atoms with Crippen molar-refractivity contribution < 1.29 is 4.79 Å². The molecule has 3 rings (SSSR count). The molecule has 1 fully saturated rings. The Morgan fingerprint density at radius 2 is 1.41 bits per heavy atom. The monoisotopic (exact) mass is 228 g/mol. The molecule has 1 nitrogen and oxygen atoms in total. The van der Waals surface area contributed by atoms with E-state index >= 15 is 0 Å². The fourth-order valence-corrected chi connectivity index (χ4v) is 3.19. The molecule has 0 radical (unpaired) electrons. The van der Waals surface area contributed by atoms with Gasteiger partial charge in [-0.25, -0.2) is 0 Å². The molecule has 0 unspecified atom stereocenters. The minimum absolute atomic E-state index is 0.442. The lowest BCUT2D eigenvalue weighted by Crippen LogP contribution is -2.28. The molecule has 90 valence electrons. The van der Waals surface area contributed by atoms with E-state index in [0.717, 1.165) is 25.7 Å². The van der Waals surface area contributed by atoms with Crippen molar-refractivity contribution in [3.05, 3.63) is 48.6 Å². The van der Waals surface area contributed by atoms with E-state index in [0.29, 0.717) is 11.2 Å². The summed E-state index contributed by atoms with van der Waals surface area (Å²) in [5.74, 6) is 0.469. The summed E-state index contributed by atoms with van der Waals surface area (Å²) in [5, 5.41) is 0. The fourth-order valence-electron chi connectivity index (χ4n) is 3.19. The van der Waals surface area contributed by atoms with E-state index in [1.165, 1.54) is 24.0 Å². The maximum Gasteiger partial charge on any atom is 0.132 e. The summed E-state index contributed by atoms with van der Waals surface area (Å²) in [6.45, 7) is 6.00. The lowest BCUT2D eigenvalue weighted by atomic mass is 9.72. The molecule has 1 aromatic rings. The molecular weight excluding hydrogens is 208 g/mol. The maximum atomic E-state index is 11.3. The molecule has 1 aromatic carbocycles. The van der Waals surface area contributed by atoms with Crippen molar-refractivity contribution in [2.24, 2.45) is 5.41 Å². The molecule has 1 spiro atoms. The molecule has 1 heteroatoms. The lowest BCUT2D eigenvalue weighted by Gasteiger charge is -2.32. The number of rotatable bonds is 0. The zero-order chi connectivity index (χ0) is 12.3. The van der Waals surface area contributed by atoms with Crippen LogP contribution in [0.2, 0.25) is 0 Å². The Morgan fingerprint density at radius 3 is 1.88 bits per heavy atom. The Morgan fingerprint density at radius 1 is 0.941 bits per heavy atom. The summed E-state index contributed by atoms with van der Waals surface area (Å²) in [6, 6.07) is 8.76. The average molecular weight is 228 g/mol. The van der Waals surface area contributed by atoms with Gasteiger partial charge in [-0.05, 0) is 42.2 Å². The first-order chi connectivity index (χ1) is 8.27. The second-order valence-electron chi connectivity index (χ2n) is 5.16. The van der Waals surface area contributed by atoms with E-state index in [1.807, 2.05) is 0 Å². The van der Waals surface area contributed by atoms with E-state index in [1.54, 1.807) is 0 Å². The van der Waals surface area contributed by atoms with Crippen molar-refractivity contribution >= 4 is 5.78 Å². The molecule has 2 aliphatic carbocycles. The maximum absolute atomic E-state index is 11.3. The Labute approximate surface area is 104 Å². The van der Waals surface area contributed by atoms with E-state index in [-0.39, 0.29) is 0 Å². The van der Waals surface area contributed by atoms with Crippen molar-refractivity contribution in [2.45, 2.75) is 38.5 Å². The molecule has 0 saturated heterocycles. The number of Topliss-reactive ketones (excluding diaryl/α,β-unsaturated/α-hetero) is 1. The van der Waals surface area contributed by atoms with Crippen LogP contribution in [-0.2, 0) is 17.6 Å². The number of fused-ring (bicyclic) bond motifs is 1. The number of hydrogen-bond acceptors (Lipinski definition) is 1. The predicted molar refractivity (Wildman–Crippen MR) is 71.0 cm³/mol. The van der Waals surface area contributed by atoms with Crippen LogP contribution in [0.3, 0.4) is 0 Å². The lowest BCUT2D eigenvalue weighted by molar-refractivity contribution is -0.122. The van der Waals surface area contributed by atoms with Crippen molar-refractivity contribution in [3.63, 3.8) is 0 Å². The predicted octanol–water partition coefficient (Wildman–Crippen LogP) is 3.72. The van der Waals surface area contributed by atoms with E-state index in [9.17, 15) is 4.79 Å². The third-order valence-electron chi connectivity index (χ3n) is 4.12. The SMILES string of the molecule is C=C.O=C1CCC2(CC1)Cc1ccccc1C2. The van der Waals surface area contributed by atoms with Crippen molar-refractivity contribution in [1.82, 2.24) is 0 Å². The van der Waals surface area contributed by atoms with Crippen molar-refractivity contribution in [3.8, 4) is 0 Å². The van der Waals surface area contributed by atoms with Crippen molar-refractivity contribution in [2.75, 3.05) is 0 Å². The van der Waals surface area contributed by atoms with Gasteiger partial charge in [-0.3, -0.25) is 4.79 Å². The number of carbonyl (C=O) groups excluding carboxylic acids is 1. The molecule has 0 aromatic heterocycles. The molecule has 0 atom stereocenters. The Hall–Kier alpha value is -1.37. The highest BCUT2D eigenvalue weighted by molar-refractivity contribution is 5.79. The van der Waals surface area contributed by atoms with Gasteiger partial charge in [0.15, 0.2) is 0 Å². The molecule has 2 aliphatic rings. The summed E-state index contributed by atoms with van der Waals surface area (Å²) < 4.78 is 0. The molecular formula is C16H20O. The van der Waals surface area contributed by atoms with Gasteiger partial charge in [0.1, 0.15) is 5.78 Å². The minimum Gasteiger partial charge on any atom is -0.300 e. The quantitative estimate of drug-likeness (QED) is 0.618. The summed E-state index contributed by atoms with van der Waals surface area (Å²) in [4.78, 5) is 11.3. The molecule has 0 aliphatic heterocycles. The van der Waals surface area contributed by atoms with Gasteiger partial charge < -0.3 is 0 Å². The number of hydrogen-bond donors (Lipinski definition) is 0. The largest absolute Gasteiger partial charge is 0.300 e. The number of benzene rings is 1. The molecule has 17 heavy (non-hydrogen) atoms. The summed E-state index contributed by atoms with van der Waals surface area (Å²) in [5.41, 5.74) is 3.48. The van der Waals surface area contributed by atoms with Gasteiger partial charge in [-0.1, -0.05) is 24.3 Å². The van der Waals surface area contributed by atoms with E-state index < -0.39 is 0 Å². The Bertz CT molecular complexity index is 382. The van der Waals surface area contributed by atoms with Crippen LogP contribution in [0.25, 0.3) is 0 Å². The van der Waals surface area contributed by atoms with Gasteiger partial charge in [0.2, 0.25) is 0 Å². The third-order valence-corrected chi connectivity index (χ3v) is 4.12. The zero-order valence-electron chi connectivity index (χ0n) is 10.4. The second kappa shape index (κ2) is 4.87. The van der Waals surface area contributed by atoms with Crippen LogP contribution in [-0.4, -0.2) is 5.78 Å². The first kappa shape index (κ1) is 12.1. The van der Waals surface area contributed by atoms with Gasteiger partial charge in [0, 0.05) is 12.8 Å². The summed E-state index contributed by atoms with van der Waals surface area (Å²) in [7, 11) is 0. The molecule has 0 N–H and O–H groups in total. The Balaban J connectivity index is 0.000000514. The minimum atomic E-state index is 0.442. The third kappa shape index (κ3) is 2.33. The first-order valence-electron chi connectivity index (χ1n) is 6.36. The average Bonchev–Trinajstić information content (AvgIpc) is 2.74. The summed E-state index contributed by atoms with van der Waals surface area (Å²) in [6.07, 6.45) is 6.26. The van der Waals surface area contributed by atoms with Gasteiger partial charge in [0.05, 0.1) is 0 Å². The van der Waals surface area contributed by atoms with Crippen LogP contribution in [0, 0.1) is 5.41 Å². The van der Waals surface area contributed by atoms with Gasteiger partial charge in [-0.2, -0.15) is 0 Å². The number of carbonyl (C=O) groups is 1. The van der Waals surface area contributed by atoms with Crippen LogP contribution in [0.4, 0.5) is 0 Å². The molecule has 0 amide bonds. The smallest absolute Gasteiger partial charge is 0.132 e. The molecule has 0 bridgehead atoms. The van der Waals surface area contributed by atoms with Gasteiger partial charge in [0.25, 0.3) is 0 Å². The molecule has 1 saturated carbocycles. The molecule has 0 heterocycles. The summed E-state index contributed by atoms with van der Waals surface area (Å²) >= 11 is 0. The van der Waals surface area contributed by atoms with Gasteiger partial charge in [-0.15, -0.1) is 13.2 Å². The highest BCUT2D eigenvalue weighted by Crippen LogP contribution is 2.46. The number of ketones is 1. The zero-order valence-corrected chi connectivity index (χ0v) is 10.4. The van der Waals surface area contributed by atoms with Crippen LogP contribution in [0.5, 0.6) is 0 Å². The first-order valence-corrected chi connectivity index (χ1v) is 6.36. The van der Waals surface area contributed by atoms with E-state index in [4.69, 9.17) is 0 Å². The van der Waals surface area contributed by atoms with E-state index in [2.05, 4.69) is 37.4 Å². The van der Waals surface area contributed by atoms with Crippen molar-refractivity contribution in [1.29, 1.82) is 0 Å². The normalized spacial score (nSPS) is 20.6. The van der Waals surface area contributed by atoms with Gasteiger partial charge >= 0.3 is 0 Å². The van der Waals surface area contributed by atoms with Crippen LogP contribution < -0.4 is 0 Å². The van der Waals surface area contributed by atoms with Crippen LogP contribution >= 0.6 is 0 Å². The highest BCUT2D eigenvalue weighted by Gasteiger charge is 2.39. The Kier molecular flexibility index (Phi) is 3.46. The van der Waals surface area contributed by atoms with Crippen LogP contribution in [0.15, 0.2) is 37.4 Å². The fraction of sp³-hybridized carbons (Fsp3) is 0.438. The standard InChI is InChI=1S/C14H16O.C2H4/c15-13-5-7-14(8-6-13)9-11-3-1-2-4-12(11)10-14;1-2/h1-4H,5-10H2;1-2H2.